The molecular formula is C19H21ClN2O4. The van der Waals surface area contributed by atoms with Crippen LogP contribution in [0.1, 0.15) is 22.3 Å². The standard InChI is InChI=1S/C19H21ClN2O4/c1-12-10-15(17(26-3)11-14(12)20)22-18(23)8-9-21-19(24)13-6-4-5-7-16(13)25-2/h4-7,10-11H,8-9H2,1-3H3,(H,21,24)(H,22,23). The number of para-hydroxylation sites is 1. The largest absolute Gasteiger partial charge is 0.496 e. The number of aryl methyl sites for hydroxylation is 1. The number of hydrogen-bond donors (Lipinski definition) is 2. The molecule has 0 spiro atoms. The molecule has 2 aromatic carbocycles. The Hall–Kier alpha value is -2.73. The van der Waals surface area contributed by atoms with Crippen molar-refractivity contribution in [3.05, 3.63) is 52.5 Å². The van der Waals surface area contributed by atoms with Crippen LogP contribution in [0.15, 0.2) is 36.4 Å². The molecule has 6 nitrogen and oxygen atoms in total. The molecule has 2 amide bonds. The summed E-state index contributed by atoms with van der Waals surface area (Å²) in [6, 6.07) is 10.3. The monoisotopic (exact) mass is 376 g/mol. The van der Waals surface area contributed by atoms with E-state index in [9.17, 15) is 9.59 Å². The third-order valence-electron chi connectivity index (χ3n) is 3.74. The molecule has 0 saturated carbocycles. The highest BCUT2D eigenvalue weighted by molar-refractivity contribution is 6.31. The quantitative estimate of drug-likeness (QED) is 0.776. The lowest BCUT2D eigenvalue weighted by Crippen LogP contribution is -2.28. The Bertz CT molecular complexity index is 808. The second kappa shape index (κ2) is 9.10. The number of ether oxygens (including phenoxy) is 2. The van der Waals surface area contributed by atoms with Gasteiger partial charge in [-0.25, -0.2) is 0 Å². The minimum absolute atomic E-state index is 0.117. The fourth-order valence-electron chi connectivity index (χ4n) is 2.36. The molecule has 2 N–H and O–H groups in total. The third kappa shape index (κ3) is 4.89. The summed E-state index contributed by atoms with van der Waals surface area (Å²) >= 11 is 6.05. The number of carbonyl (C=O) groups is 2. The van der Waals surface area contributed by atoms with Crippen molar-refractivity contribution in [2.24, 2.45) is 0 Å². The summed E-state index contributed by atoms with van der Waals surface area (Å²) in [5, 5.41) is 6.03. The van der Waals surface area contributed by atoms with Crippen LogP contribution in [0.5, 0.6) is 11.5 Å². The normalized spacial score (nSPS) is 10.2. The highest BCUT2D eigenvalue weighted by Gasteiger charge is 2.13. The van der Waals surface area contributed by atoms with Gasteiger partial charge < -0.3 is 20.1 Å². The first-order valence-electron chi connectivity index (χ1n) is 8.01. The van der Waals surface area contributed by atoms with E-state index in [1.54, 1.807) is 36.4 Å². The van der Waals surface area contributed by atoms with Gasteiger partial charge in [-0.15, -0.1) is 0 Å². The zero-order valence-corrected chi connectivity index (χ0v) is 15.6. The molecule has 0 radical (unpaired) electrons. The summed E-state index contributed by atoms with van der Waals surface area (Å²) in [5.41, 5.74) is 1.79. The lowest BCUT2D eigenvalue weighted by atomic mass is 10.2. The number of nitrogens with one attached hydrogen (secondary N) is 2. The van der Waals surface area contributed by atoms with E-state index in [-0.39, 0.29) is 24.8 Å². The molecule has 2 aromatic rings. The van der Waals surface area contributed by atoms with Gasteiger partial charge in [-0.05, 0) is 30.7 Å². The molecule has 0 aliphatic rings. The van der Waals surface area contributed by atoms with Crippen molar-refractivity contribution in [1.82, 2.24) is 5.32 Å². The first-order chi connectivity index (χ1) is 12.5. The molecule has 2 rings (SSSR count). The van der Waals surface area contributed by atoms with E-state index in [4.69, 9.17) is 21.1 Å². The zero-order valence-electron chi connectivity index (χ0n) is 14.9. The van der Waals surface area contributed by atoms with E-state index in [1.807, 2.05) is 6.92 Å². The Morgan fingerprint density at radius 1 is 1.08 bits per heavy atom. The van der Waals surface area contributed by atoms with Gasteiger partial charge in [-0.1, -0.05) is 23.7 Å². The van der Waals surface area contributed by atoms with Gasteiger partial charge >= 0.3 is 0 Å². The number of amides is 2. The molecule has 7 heteroatoms. The van der Waals surface area contributed by atoms with E-state index >= 15 is 0 Å². The number of halogens is 1. The molecule has 0 heterocycles. The van der Waals surface area contributed by atoms with Gasteiger partial charge in [0.05, 0.1) is 25.5 Å². The zero-order chi connectivity index (χ0) is 19.1. The smallest absolute Gasteiger partial charge is 0.255 e. The van der Waals surface area contributed by atoms with Crippen molar-refractivity contribution in [2.75, 3.05) is 26.1 Å². The van der Waals surface area contributed by atoms with Crippen molar-refractivity contribution in [1.29, 1.82) is 0 Å². The molecular weight excluding hydrogens is 356 g/mol. The second-order valence-corrected chi connectivity index (χ2v) is 5.96. The van der Waals surface area contributed by atoms with Crippen molar-refractivity contribution in [3.63, 3.8) is 0 Å². The maximum Gasteiger partial charge on any atom is 0.255 e. The number of hydrogen-bond acceptors (Lipinski definition) is 4. The Morgan fingerprint density at radius 3 is 2.46 bits per heavy atom. The summed E-state index contributed by atoms with van der Waals surface area (Å²) in [6.07, 6.45) is 0.117. The van der Waals surface area contributed by atoms with Gasteiger partial charge in [0.1, 0.15) is 11.5 Å². The molecule has 0 unspecified atom stereocenters. The van der Waals surface area contributed by atoms with Crippen LogP contribution in [0, 0.1) is 6.92 Å². The first-order valence-corrected chi connectivity index (χ1v) is 8.39. The van der Waals surface area contributed by atoms with E-state index in [1.165, 1.54) is 14.2 Å². The van der Waals surface area contributed by atoms with Gasteiger partial charge in [-0.2, -0.15) is 0 Å². The predicted octanol–water partition coefficient (Wildman–Crippen LogP) is 3.42. The van der Waals surface area contributed by atoms with E-state index < -0.39 is 0 Å². The molecule has 0 bridgehead atoms. The van der Waals surface area contributed by atoms with Crippen LogP contribution in [-0.2, 0) is 4.79 Å². The molecule has 0 saturated heterocycles. The van der Waals surface area contributed by atoms with Gasteiger partial charge in [0, 0.05) is 24.1 Å². The second-order valence-electron chi connectivity index (χ2n) is 5.56. The van der Waals surface area contributed by atoms with Crippen LogP contribution >= 0.6 is 11.6 Å². The minimum Gasteiger partial charge on any atom is -0.496 e. The van der Waals surface area contributed by atoms with Gasteiger partial charge in [0.2, 0.25) is 5.91 Å². The predicted molar refractivity (Wildman–Crippen MR) is 101 cm³/mol. The molecule has 138 valence electrons. The van der Waals surface area contributed by atoms with Crippen LogP contribution in [0.3, 0.4) is 0 Å². The van der Waals surface area contributed by atoms with Gasteiger partial charge in [0.15, 0.2) is 0 Å². The van der Waals surface area contributed by atoms with Crippen molar-refractivity contribution in [3.8, 4) is 11.5 Å². The Morgan fingerprint density at radius 2 is 1.77 bits per heavy atom. The summed E-state index contributed by atoms with van der Waals surface area (Å²) in [4.78, 5) is 24.3. The summed E-state index contributed by atoms with van der Waals surface area (Å²) < 4.78 is 10.4. The SMILES string of the molecule is COc1cc(Cl)c(C)cc1NC(=O)CCNC(=O)c1ccccc1OC. The lowest BCUT2D eigenvalue weighted by Gasteiger charge is -2.13. The number of benzene rings is 2. The van der Waals surface area contributed by atoms with Gasteiger partial charge in [-0.3, -0.25) is 9.59 Å². The maximum atomic E-state index is 12.2. The highest BCUT2D eigenvalue weighted by Crippen LogP contribution is 2.30. The fourth-order valence-corrected chi connectivity index (χ4v) is 2.51. The number of methoxy groups -OCH3 is 2. The average Bonchev–Trinajstić information content (AvgIpc) is 2.64. The summed E-state index contributed by atoms with van der Waals surface area (Å²) in [7, 11) is 3.01. The number of carbonyl (C=O) groups excluding carboxylic acids is 2. The minimum atomic E-state index is -0.296. The summed E-state index contributed by atoms with van der Waals surface area (Å²) in [5.74, 6) is 0.420. The Labute approximate surface area is 157 Å². The van der Waals surface area contributed by atoms with Crippen LogP contribution in [0.25, 0.3) is 0 Å². The fraction of sp³-hybridized carbons (Fsp3) is 0.263. The van der Waals surface area contributed by atoms with Crippen LogP contribution in [-0.4, -0.2) is 32.6 Å². The first kappa shape index (κ1) is 19.6. The molecule has 0 aromatic heterocycles. The molecule has 0 aliphatic carbocycles. The molecule has 0 fully saturated rings. The van der Waals surface area contributed by atoms with Gasteiger partial charge in [0.25, 0.3) is 5.91 Å². The Balaban J connectivity index is 1.91. The highest BCUT2D eigenvalue weighted by atomic mass is 35.5. The van der Waals surface area contributed by atoms with E-state index in [0.717, 1.165) is 5.56 Å². The molecule has 0 aliphatic heterocycles. The van der Waals surface area contributed by atoms with Crippen molar-refractivity contribution in [2.45, 2.75) is 13.3 Å². The van der Waals surface area contributed by atoms with Crippen LogP contribution in [0.4, 0.5) is 5.69 Å². The third-order valence-corrected chi connectivity index (χ3v) is 4.15. The molecule has 26 heavy (non-hydrogen) atoms. The molecule has 0 atom stereocenters. The van der Waals surface area contributed by atoms with E-state index in [0.29, 0.717) is 27.8 Å². The van der Waals surface area contributed by atoms with Crippen LogP contribution < -0.4 is 20.1 Å². The average molecular weight is 377 g/mol. The Kier molecular flexibility index (Phi) is 6.86. The lowest BCUT2D eigenvalue weighted by molar-refractivity contribution is -0.116. The van der Waals surface area contributed by atoms with Crippen molar-refractivity contribution < 1.29 is 19.1 Å². The summed E-state index contributed by atoms with van der Waals surface area (Å²) in [6.45, 7) is 2.03. The maximum absolute atomic E-state index is 12.2. The topological polar surface area (TPSA) is 76.7 Å². The van der Waals surface area contributed by atoms with Crippen LogP contribution in [0.2, 0.25) is 5.02 Å². The number of rotatable bonds is 7. The van der Waals surface area contributed by atoms with E-state index in [2.05, 4.69) is 10.6 Å². The van der Waals surface area contributed by atoms with Crippen molar-refractivity contribution >= 4 is 29.1 Å². The number of anilines is 1.